The number of fused-ring (bicyclic) bond motifs is 1. The summed E-state index contributed by atoms with van der Waals surface area (Å²) in [6.45, 7) is 2.25. The van der Waals surface area contributed by atoms with Crippen molar-refractivity contribution in [2.75, 3.05) is 16.4 Å². The van der Waals surface area contributed by atoms with E-state index in [1.54, 1.807) is 30.3 Å². The molecule has 1 atom stereocenters. The predicted molar refractivity (Wildman–Crippen MR) is 129 cm³/mol. The van der Waals surface area contributed by atoms with E-state index < -0.39 is 21.8 Å². The van der Waals surface area contributed by atoms with Gasteiger partial charge in [-0.2, -0.15) is 0 Å². The summed E-state index contributed by atoms with van der Waals surface area (Å²) in [5, 5.41) is 8.58. The zero-order chi connectivity index (χ0) is 23.4. The summed E-state index contributed by atoms with van der Waals surface area (Å²) in [4.78, 5) is 25.1. The van der Waals surface area contributed by atoms with E-state index in [1.165, 1.54) is 0 Å². The van der Waals surface area contributed by atoms with Gasteiger partial charge in [-0.3, -0.25) is 9.59 Å². The lowest BCUT2D eigenvalue weighted by molar-refractivity contribution is -0.116. The van der Waals surface area contributed by atoms with E-state index in [1.807, 2.05) is 49.4 Å². The molecule has 0 saturated carbocycles. The maximum absolute atomic E-state index is 12.7. The highest BCUT2D eigenvalue weighted by atomic mass is 32.2. The van der Waals surface area contributed by atoms with E-state index in [0.29, 0.717) is 23.5 Å². The SMILES string of the molecule is Cc1ccccc1CS(=O)(=O)C[C@@H]1Nc2ccc(C(=O)NCc3ccccc3)cc2NC1=O. The Hall–Kier alpha value is -3.65. The monoisotopic (exact) mass is 463 g/mol. The minimum absolute atomic E-state index is 0.126. The maximum Gasteiger partial charge on any atom is 0.251 e. The number of hydrogen-bond donors (Lipinski definition) is 3. The molecule has 0 saturated heterocycles. The van der Waals surface area contributed by atoms with Crippen LogP contribution in [0.1, 0.15) is 27.0 Å². The lowest BCUT2D eigenvalue weighted by Crippen LogP contribution is -2.43. The molecule has 7 nitrogen and oxygen atoms in total. The third kappa shape index (κ3) is 5.59. The molecule has 0 fully saturated rings. The van der Waals surface area contributed by atoms with E-state index in [0.717, 1.165) is 16.7 Å². The zero-order valence-corrected chi connectivity index (χ0v) is 19.0. The average Bonchev–Trinajstić information content (AvgIpc) is 2.79. The Morgan fingerprint density at radius 1 is 0.970 bits per heavy atom. The fourth-order valence-electron chi connectivity index (χ4n) is 3.71. The van der Waals surface area contributed by atoms with Crippen molar-refractivity contribution in [3.63, 3.8) is 0 Å². The molecule has 0 aromatic heterocycles. The average molecular weight is 464 g/mol. The van der Waals surface area contributed by atoms with Crippen molar-refractivity contribution in [3.05, 3.63) is 95.1 Å². The number of amides is 2. The maximum atomic E-state index is 12.7. The Labute approximate surface area is 193 Å². The topological polar surface area (TPSA) is 104 Å². The summed E-state index contributed by atoms with van der Waals surface area (Å²) in [5.41, 5.74) is 4.02. The lowest BCUT2D eigenvalue weighted by Gasteiger charge is -2.27. The van der Waals surface area contributed by atoms with Gasteiger partial charge in [0.05, 0.1) is 22.9 Å². The molecule has 0 spiro atoms. The molecule has 8 heteroatoms. The molecule has 4 rings (SSSR count). The molecule has 2 amide bonds. The summed E-state index contributed by atoms with van der Waals surface area (Å²) in [7, 11) is -3.53. The Morgan fingerprint density at radius 3 is 2.45 bits per heavy atom. The van der Waals surface area contributed by atoms with Gasteiger partial charge >= 0.3 is 0 Å². The Morgan fingerprint density at radius 2 is 1.70 bits per heavy atom. The highest BCUT2D eigenvalue weighted by molar-refractivity contribution is 7.90. The largest absolute Gasteiger partial charge is 0.371 e. The van der Waals surface area contributed by atoms with Gasteiger partial charge in [0.1, 0.15) is 6.04 Å². The molecule has 3 N–H and O–H groups in total. The first-order valence-corrected chi connectivity index (χ1v) is 12.4. The molecule has 0 bridgehead atoms. The first-order chi connectivity index (χ1) is 15.8. The quantitative estimate of drug-likeness (QED) is 0.499. The minimum Gasteiger partial charge on any atom is -0.371 e. The molecule has 33 heavy (non-hydrogen) atoms. The lowest BCUT2D eigenvalue weighted by atomic mass is 10.1. The van der Waals surface area contributed by atoms with Crippen LogP contribution in [0.2, 0.25) is 0 Å². The van der Waals surface area contributed by atoms with Crippen molar-refractivity contribution in [2.24, 2.45) is 0 Å². The molecular weight excluding hydrogens is 438 g/mol. The van der Waals surface area contributed by atoms with E-state index in [9.17, 15) is 18.0 Å². The number of benzene rings is 3. The summed E-state index contributed by atoms with van der Waals surface area (Å²) in [6, 6.07) is 20.8. The molecule has 1 aliphatic rings. The number of carbonyl (C=O) groups is 2. The van der Waals surface area contributed by atoms with Crippen LogP contribution in [0.4, 0.5) is 11.4 Å². The van der Waals surface area contributed by atoms with Gasteiger partial charge in [-0.05, 0) is 41.8 Å². The van der Waals surface area contributed by atoms with Gasteiger partial charge in [0.15, 0.2) is 9.84 Å². The third-order valence-electron chi connectivity index (χ3n) is 5.54. The van der Waals surface area contributed by atoms with Gasteiger partial charge < -0.3 is 16.0 Å². The van der Waals surface area contributed by atoms with Crippen LogP contribution in [0.15, 0.2) is 72.8 Å². The second-order valence-corrected chi connectivity index (χ2v) is 10.2. The van der Waals surface area contributed by atoms with E-state index in [-0.39, 0.29) is 17.4 Å². The van der Waals surface area contributed by atoms with Crippen molar-refractivity contribution in [1.82, 2.24) is 5.32 Å². The first kappa shape index (κ1) is 22.5. The Kier molecular flexibility index (Phi) is 6.46. The molecule has 170 valence electrons. The fourth-order valence-corrected chi connectivity index (χ4v) is 5.37. The number of anilines is 2. The highest BCUT2D eigenvalue weighted by Crippen LogP contribution is 2.28. The molecule has 0 radical (unpaired) electrons. The van der Waals surface area contributed by atoms with Crippen molar-refractivity contribution in [1.29, 1.82) is 0 Å². The zero-order valence-electron chi connectivity index (χ0n) is 18.2. The van der Waals surface area contributed by atoms with Crippen molar-refractivity contribution in [2.45, 2.75) is 25.3 Å². The van der Waals surface area contributed by atoms with Crippen LogP contribution in [0.3, 0.4) is 0 Å². The molecule has 1 aliphatic heterocycles. The van der Waals surface area contributed by atoms with Crippen LogP contribution in [0, 0.1) is 6.92 Å². The predicted octanol–water partition coefficient (Wildman–Crippen LogP) is 3.27. The highest BCUT2D eigenvalue weighted by Gasteiger charge is 2.30. The molecule has 3 aromatic rings. The van der Waals surface area contributed by atoms with Crippen molar-refractivity contribution in [3.8, 4) is 0 Å². The fraction of sp³-hybridized carbons (Fsp3) is 0.200. The van der Waals surface area contributed by atoms with Crippen LogP contribution in [0.5, 0.6) is 0 Å². The van der Waals surface area contributed by atoms with Gasteiger partial charge in [0, 0.05) is 12.1 Å². The van der Waals surface area contributed by atoms with Gasteiger partial charge in [0.25, 0.3) is 5.91 Å². The number of nitrogens with one attached hydrogen (secondary N) is 3. The van der Waals surface area contributed by atoms with Gasteiger partial charge in [-0.25, -0.2) is 8.42 Å². The molecule has 0 aliphatic carbocycles. The molecule has 1 heterocycles. The van der Waals surface area contributed by atoms with Crippen molar-refractivity contribution >= 4 is 33.0 Å². The Balaban J connectivity index is 1.42. The normalized spacial score (nSPS) is 15.2. The summed E-state index contributed by atoms with van der Waals surface area (Å²) < 4.78 is 25.5. The summed E-state index contributed by atoms with van der Waals surface area (Å²) in [6.07, 6.45) is 0. The van der Waals surface area contributed by atoms with Crippen LogP contribution < -0.4 is 16.0 Å². The van der Waals surface area contributed by atoms with Crippen molar-refractivity contribution < 1.29 is 18.0 Å². The van der Waals surface area contributed by atoms with E-state index in [4.69, 9.17) is 0 Å². The van der Waals surface area contributed by atoms with Gasteiger partial charge in [0.2, 0.25) is 5.91 Å². The van der Waals surface area contributed by atoms with E-state index >= 15 is 0 Å². The second kappa shape index (κ2) is 9.46. The van der Waals surface area contributed by atoms with Crippen LogP contribution in [0.25, 0.3) is 0 Å². The standard InChI is InChI=1S/C25H25N3O4S/c1-17-7-5-6-10-20(17)15-33(31,32)16-23-25(30)28-22-13-19(11-12-21(22)27-23)24(29)26-14-18-8-3-2-4-9-18/h2-13,23,27H,14-16H2,1H3,(H,26,29)(H,28,30)/t23-/m0/s1. The molecular formula is C25H25N3O4S. The van der Waals surface area contributed by atoms with Gasteiger partial charge in [-0.1, -0.05) is 54.6 Å². The van der Waals surface area contributed by atoms with Crippen LogP contribution in [-0.2, 0) is 26.9 Å². The van der Waals surface area contributed by atoms with E-state index in [2.05, 4.69) is 16.0 Å². The molecule has 3 aromatic carbocycles. The second-order valence-electron chi connectivity index (χ2n) is 8.10. The van der Waals surface area contributed by atoms with Crippen LogP contribution in [-0.4, -0.2) is 32.0 Å². The first-order valence-electron chi connectivity index (χ1n) is 10.6. The smallest absolute Gasteiger partial charge is 0.251 e. The number of sulfone groups is 1. The van der Waals surface area contributed by atoms with Gasteiger partial charge in [-0.15, -0.1) is 0 Å². The third-order valence-corrected chi connectivity index (χ3v) is 7.13. The number of aryl methyl sites for hydroxylation is 1. The molecule has 0 unspecified atom stereocenters. The number of carbonyl (C=O) groups excluding carboxylic acids is 2. The Bertz CT molecular complexity index is 1290. The summed E-state index contributed by atoms with van der Waals surface area (Å²) >= 11 is 0. The van der Waals surface area contributed by atoms with Crippen LogP contribution >= 0.6 is 0 Å². The number of rotatable bonds is 7. The minimum atomic E-state index is -3.53. The number of hydrogen-bond acceptors (Lipinski definition) is 5. The summed E-state index contributed by atoms with van der Waals surface area (Å²) in [5.74, 6) is -1.17.